The summed E-state index contributed by atoms with van der Waals surface area (Å²) in [6.07, 6.45) is 2.73. The Labute approximate surface area is 178 Å². The van der Waals surface area contributed by atoms with Crippen molar-refractivity contribution in [2.24, 2.45) is 0 Å². The average Bonchev–Trinajstić information content (AvgIpc) is 3.29. The summed E-state index contributed by atoms with van der Waals surface area (Å²) in [5.74, 6) is 0.822. The molecule has 0 aliphatic carbocycles. The van der Waals surface area contributed by atoms with Gasteiger partial charge in [0, 0.05) is 57.2 Å². The minimum atomic E-state index is 0. The maximum absolute atomic E-state index is 12.8. The molecule has 4 heterocycles. The third-order valence-electron chi connectivity index (χ3n) is 5.34. The lowest BCUT2D eigenvalue weighted by molar-refractivity contribution is 0.0773. The zero-order valence-electron chi connectivity index (χ0n) is 16.3. The number of carbonyl (C=O) groups excluding carboxylic acids is 1. The van der Waals surface area contributed by atoms with Crippen molar-refractivity contribution in [3.05, 3.63) is 41.3 Å². The number of piperazine rings is 1. The highest BCUT2D eigenvalue weighted by Gasteiger charge is 2.31. The van der Waals surface area contributed by atoms with Crippen LogP contribution in [0.25, 0.3) is 5.82 Å². The molecule has 2 aliphatic rings. The van der Waals surface area contributed by atoms with Gasteiger partial charge in [-0.05, 0) is 38.5 Å². The molecule has 2 aromatic rings. The smallest absolute Gasteiger partial charge is 0.255 e. The largest absolute Gasteiger partial charge is 0.337 e. The summed E-state index contributed by atoms with van der Waals surface area (Å²) in [5, 5.41) is 7.83. The van der Waals surface area contributed by atoms with Crippen molar-refractivity contribution in [1.29, 1.82) is 0 Å². The monoisotopic (exact) mass is 426 g/mol. The van der Waals surface area contributed by atoms with E-state index >= 15 is 0 Å². The summed E-state index contributed by atoms with van der Waals surface area (Å²) >= 11 is 0. The first-order chi connectivity index (χ1) is 12.6. The fourth-order valence-electron chi connectivity index (χ4n) is 3.95. The second-order valence-corrected chi connectivity index (χ2v) is 7.22. The van der Waals surface area contributed by atoms with Crippen molar-refractivity contribution in [3.8, 4) is 5.82 Å². The molecule has 0 aromatic carbocycles. The fourth-order valence-corrected chi connectivity index (χ4v) is 3.95. The van der Waals surface area contributed by atoms with Crippen LogP contribution in [0.2, 0.25) is 0 Å². The van der Waals surface area contributed by atoms with Crippen molar-refractivity contribution < 1.29 is 4.79 Å². The standard InChI is InChI=1S/C19H26N6O.2ClH/c1-14-11-15(2)25(22-14)18-4-3-16(12-21-18)19(26)24-8-5-17(13-24)23-9-6-20-7-10-23;;/h3-4,11-12,17,20H,5-10,13H2,1-2H3;2*1H. The van der Waals surface area contributed by atoms with E-state index in [1.165, 1.54) is 0 Å². The molecule has 2 aromatic heterocycles. The van der Waals surface area contributed by atoms with Crippen LogP contribution in [0.3, 0.4) is 0 Å². The minimum absolute atomic E-state index is 0. The Morgan fingerprint density at radius 1 is 1.14 bits per heavy atom. The quantitative estimate of drug-likeness (QED) is 0.810. The van der Waals surface area contributed by atoms with Crippen molar-refractivity contribution >= 4 is 30.7 Å². The fraction of sp³-hybridized carbons (Fsp3) is 0.526. The third kappa shape index (κ3) is 4.66. The SMILES string of the molecule is Cc1cc(C)n(-c2ccc(C(=O)N3CCC(N4CCNCC4)C3)cn2)n1.Cl.Cl. The Balaban J connectivity index is 0.00000140. The Bertz CT molecular complexity index is 788. The number of likely N-dealkylation sites (tertiary alicyclic amines) is 1. The Morgan fingerprint density at radius 2 is 1.89 bits per heavy atom. The maximum atomic E-state index is 12.8. The van der Waals surface area contributed by atoms with E-state index < -0.39 is 0 Å². The lowest BCUT2D eigenvalue weighted by Gasteiger charge is -2.32. The van der Waals surface area contributed by atoms with E-state index in [0.29, 0.717) is 11.6 Å². The van der Waals surface area contributed by atoms with Gasteiger partial charge in [-0.15, -0.1) is 24.8 Å². The molecule has 2 saturated heterocycles. The number of halogens is 2. The topological polar surface area (TPSA) is 66.3 Å². The van der Waals surface area contributed by atoms with E-state index in [1.54, 1.807) is 10.9 Å². The molecule has 1 atom stereocenters. The average molecular weight is 427 g/mol. The highest BCUT2D eigenvalue weighted by atomic mass is 35.5. The molecular weight excluding hydrogens is 399 g/mol. The number of carbonyl (C=O) groups is 1. The van der Waals surface area contributed by atoms with E-state index in [1.807, 2.05) is 36.9 Å². The van der Waals surface area contributed by atoms with Crippen LogP contribution in [-0.2, 0) is 0 Å². The van der Waals surface area contributed by atoms with Crippen LogP contribution < -0.4 is 5.32 Å². The molecule has 1 N–H and O–H groups in total. The van der Waals surface area contributed by atoms with Gasteiger partial charge in [0.25, 0.3) is 5.91 Å². The molecule has 28 heavy (non-hydrogen) atoms. The number of aryl methyl sites for hydroxylation is 2. The van der Waals surface area contributed by atoms with Crippen LogP contribution >= 0.6 is 24.8 Å². The predicted octanol–water partition coefficient (Wildman–Crippen LogP) is 1.85. The number of pyridine rings is 1. The molecule has 2 fully saturated rings. The van der Waals surface area contributed by atoms with Gasteiger partial charge >= 0.3 is 0 Å². The molecular formula is C19H28Cl2N6O. The van der Waals surface area contributed by atoms with E-state index in [-0.39, 0.29) is 30.7 Å². The number of amides is 1. The lowest BCUT2D eigenvalue weighted by Crippen LogP contribution is -2.49. The molecule has 0 radical (unpaired) electrons. The predicted molar refractivity (Wildman–Crippen MR) is 114 cm³/mol. The molecule has 0 spiro atoms. The summed E-state index contributed by atoms with van der Waals surface area (Å²) in [4.78, 5) is 21.8. The summed E-state index contributed by atoms with van der Waals surface area (Å²) in [7, 11) is 0. The van der Waals surface area contributed by atoms with Crippen LogP contribution in [0.15, 0.2) is 24.4 Å². The first-order valence-electron chi connectivity index (χ1n) is 9.35. The Hall–Kier alpha value is -1.67. The molecule has 2 aliphatic heterocycles. The van der Waals surface area contributed by atoms with E-state index in [0.717, 1.165) is 62.9 Å². The number of rotatable bonds is 3. The highest BCUT2D eigenvalue weighted by molar-refractivity contribution is 5.94. The number of hydrogen-bond acceptors (Lipinski definition) is 5. The molecule has 4 rings (SSSR count). The summed E-state index contributed by atoms with van der Waals surface area (Å²) in [6, 6.07) is 6.24. The first-order valence-corrected chi connectivity index (χ1v) is 9.35. The molecule has 7 nitrogen and oxygen atoms in total. The second-order valence-electron chi connectivity index (χ2n) is 7.22. The Morgan fingerprint density at radius 3 is 2.50 bits per heavy atom. The molecule has 9 heteroatoms. The van der Waals surface area contributed by atoms with E-state index in [9.17, 15) is 4.79 Å². The van der Waals surface area contributed by atoms with Crippen molar-refractivity contribution in [2.45, 2.75) is 26.3 Å². The third-order valence-corrected chi connectivity index (χ3v) is 5.34. The molecule has 154 valence electrons. The first kappa shape index (κ1) is 22.6. The van der Waals surface area contributed by atoms with Crippen LogP contribution in [0, 0.1) is 13.8 Å². The number of nitrogens with one attached hydrogen (secondary N) is 1. The summed E-state index contributed by atoms with van der Waals surface area (Å²) in [5.41, 5.74) is 2.64. The van der Waals surface area contributed by atoms with Gasteiger partial charge in [-0.2, -0.15) is 5.10 Å². The molecule has 1 amide bonds. The van der Waals surface area contributed by atoms with Crippen LogP contribution in [0.1, 0.15) is 28.2 Å². The number of hydrogen-bond donors (Lipinski definition) is 1. The Kier molecular flexibility index (Phi) is 7.83. The number of aromatic nitrogens is 3. The van der Waals surface area contributed by atoms with Gasteiger partial charge in [-0.25, -0.2) is 9.67 Å². The normalized spacial score (nSPS) is 19.8. The van der Waals surface area contributed by atoms with Gasteiger partial charge in [-0.1, -0.05) is 0 Å². The van der Waals surface area contributed by atoms with Crippen molar-refractivity contribution in [1.82, 2.24) is 29.9 Å². The van der Waals surface area contributed by atoms with E-state index in [4.69, 9.17) is 0 Å². The second kappa shape index (κ2) is 9.69. The molecule has 0 saturated carbocycles. The van der Waals surface area contributed by atoms with E-state index in [2.05, 4.69) is 20.3 Å². The van der Waals surface area contributed by atoms with Gasteiger partial charge in [-0.3, -0.25) is 9.69 Å². The molecule has 0 bridgehead atoms. The van der Waals surface area contributed by atoms with Crippen molar-refractivity contribution in [3.63, 3.8) is 0 Å². The summed E-state index contributed by atoms with van der Waals surface area (Å²) in [6.45, 7) is 9.84. The highest BCUT2D eigenvalue weighted by Crippen LogP contribution is 2.19. The molecule has 1 unspecified atom stereocenters. The number of nitrogens with zero attached hydrogens (tertiary/aromatic N) is 5. The van der Waals surface area contributed by atoms with Crippen LogP contribution in [0.4, 0.5) is 0 Å². The van der Waals surface area contributed by atoms with Crippen molar-refractivity contribution in [2.75, 3.05) is 39.3 Å². The van der Waals surface area contributed by atoms with Crippen LogP contribution in [-0.4, -0.2) is 75.8 Å². The minimum Gasteiger partial charge on any atom is -0.337 e. The van der Waals surface area contributed by atoms with Gasteiger partial charge < -0.3 is 10.2 Å². The lowest BCUT2D eigenvalue weighted by atomic mass is 10.2. The maximum Gasteiger partial charge on any atom is 0.255 e. The van der Waals surface area contributed by atoms with Gasteiger partial charge in [0.05, 0.1) is 11.3 Å². The summed E-state index contributed by atoms with van der Waals surface area (Å²) < 4.78 is 1.81. The van der Waals surface area contributed by atoms with Gasteiger partial charge in [0.1, 0.15) is 0 Å². The van der Waals surface area contributed by atoms with Gasteiger partial charge in [0.15, 0.2) is 5.82 Å². The zero-order chi connectivity index (χ0) is 18.1. The zero-order valence-corrected chi connectivity index (χ0v) is 17.9. The van der Waals surface area contributed by atoms with Gasteiger partial charge in [0.2, 0.25) is 0 Å². The van der Waals surface area contributed by atoms with Crippen LogP contribution in [0.5, 0.6) is 0 Å².